The van der Waals surface area contributed by atoms with Crippen molar-refractivity contribution in [3.05, 3.63) is 32.8 Å². The number of nitro benzene ring substituents is 1. The summed E-state index contributed by atoms with van der Waals surface area (Å²) in [5, 5.41) is 14.5. The van der Waals surface area contributed by atoms with Crippen LogP contribution in [-0.2, 0) is 0 Å². The standard InChI is InChI=1S/C15H21ClN2O2S/c1-11-8-14(18(19)20)12(16)9-13(11)17-10-15(21-2)6-4-3-5-7-15/h8-9,17H,3-7,10H2,1-2H3. The van der Waals surface area contributed by atoms with Crippen molar-refractivity contribution in [2.45, 2.75) is 43.8 Å². The summed E-state index contributed by atoms with van der Waals surface area (Å²) in [7, 11) is 0. The van der Waals surface area contributed by atoms with Crippen LogP contribution in [0.2, 0.25) is 5.02 Å². The number of nitro groups is 1. The van der Waals surface area contributed by atoms with E-state index in [-0.39, 0.29) is 15.5 Å². The highest BCUT2D eigenvalue weighted by Crippen LogP contribution is 2.39. The van der Waals surface area contributed by atoms with E-state index in [0.29, 0.717) is 0 Å². The normalized spacial score (nSPS) is 17.5. The average Bonchev–Trinajstić information content (AvgIpc) is 2.48. The molecule has 0 unspecified atom stereocenters. The molecule has 21 heavy (non-hydrogen) atoms. The zero-order chi connectivity index (χ0) is 15.5. The summed E-state index contributed by atoms with van der Waals surface area (Å²) < 4.78 is 0.277. The molecule has 1 saturated carbocycles. The Kier molecular flexibility index (Phi) is 5.38. The van der Waals surface area contributed by atoms with E-state index in [9.17, 15) is 10.1 Å². The summed E-state index contributed by atoms with van der Waals surface area (Å²) in [6, 6.07) is 3.21. The summed E-state index contributed by atoms with van der Waals surface area (Å²) in [5.41, 5.74) is 1.72. The van der Waals surface area contributed by atoms with Gasteiger partial charge in [-0.15, -0.1) is 0 Å². The predicted molar refractivity (Wildman–Crippen MR) is 90.7 cm³/mol. The summed E-state index contributed by atoms with van der Waals surface area (Å²) in [6.45, 7) is 2.75. The largest absolute Gasteiger partial charge is 0.383 e. The lowest BCUT2D eigenvalue weighted by atomic mass is 9.88. The smallest absolute Gasteiger partial charge is 0.288 e. The number of hydrogen-bond acceptors (Lipinski definition) is 4. The number of aryl methyl sites for hydroxylation is 1. The number of benzene rings is 1. The van der Waals surface area contributed by atoms with E-state index in [1.165, 1.54) is 38.2 Å². The molecule has 1 aromatic rings. The van der Waals surface area contributed by atoms with Gasteiger partial charge in [-0.2, -0.15) is 11.8 Å². The van der Waals surface area contributed by atoms with Crippen LogP contribution < -0.4 is 5.32 Å². The van der Waals surface area contributed by atoms with Crippen LogP contribution in [0.4, 0.5) is 11.4 Å². The lowest BCUT2D eigenvalue weighted by Gasteiger charge is -2.36. The molecule has 1 aliphatic rings. The Labute approximate surface area is 134 Å². The summed E-state index contributed by atoms with van der Waals surface area (Å²) in [6.07, 6.45) is 8.50. The molecule has 2 rings (SSSR count). The molecule has 0 radical (unpaired) electrons. The summed E-state index contributed by atoms with van der Waals surface area (Å²) in [5.74, 6) is 0. The van der Waals surface area contributed by atoms with Gasteiger partial charge in [0.05, 0.1) is 4.92 Å². The van der Waals surface area contributed by atoms with E-state index >= 15 is 0 Å². The van der Waals surface area contributed by atoms with Gasteiger partial charge in [-0.25, -0.2) is 0 Å². The Morgan fingerprint density at radius 1 is 1.38 bits per heavy atom. The Morgan fingerprint density at radius 2 is 2.05 bits per heavy atom. The van der Waals surface area contributed by atoms with E-state index < -0.39 is 4.92 Å². The van der Waals surface area contributed by atoms with Crippen molar-refractivity contribution in [1.82, 2.24) is 0 Å². The first-order chi connectivity index (χ1) is 9.97. The maximum absolute atomic E-state index is 10.9. The van der Waals surface area contributed by atoms with Crippen LogP contribution >= 0.6 is 23.4 Å². The predicted octanol–water partition coefficient (Wildman–Crippen LogP) is 5.03. The second-order valence-electron chi connectivity index (χ2n) is 5.68. The third-order valence-electron chi connectivity index (χ3n) is 4.29. The van der Waals surface area contributed by atoms with Crippen LogP contribution in [0.25, 0.3) is 0 Å². The minimum absolute atomic E-state index is 0.0306. The lowest BCUT2D eigenvalue weighted by molar-refractivity contribution is -0.384. The molecule has 1 aromatic carbocycles. The van der Waals surface area contributed by atoms with Gasteiger partial charge in [0.25, 0.3) is 5.69 Å². The summed E-state index contributed by atoms with van der Waals surface area (Å²) in [4.78, 5) is 10.4. The van der Waals surface area contributed by atoms with Gasteiger partial charge < -0.3 is 5.32 Å². The number of nitrogens with zero attached hydrogens (tertiary/aromatic N) is 1. The van der Waals surface area contributed by atoms with Crippen molar-refractivity contribution in [1.29, 1.82) is 0 Å². The third-order valence-corrected chi connectivity index (χ3v) is 6.01. The molecule has 1 aliphatic carbocycles. The first-order valence-corrected chi connectivity index (χ1v) is 8.81. The van der Waals surface area contributed by atoms with E-state index in [4.69, 9.17) is 11.6 Å². The minimum atomic E-state index is -0.441. The molecule has 4 nitrogen and oxygen atoms in total. The van der Waals surface area contributed by atoms with Gasteiger partial charge in [0.15, 0.2) is 0 Å². The zero-order valence-corrected chi connectivity index (χ0v) is 14.0. The lowest BCUT2D eigenvalue weighted by Crippen LogP contribution is -2.35. The van der Waals surface area contributed by atoms with Gasteiger partial charge in [0.1, 0.15) is 5.02 Å². The maximum atomic E-state index is 10.9. The van der Waals surface area contributed by atoms with Crippen LogP contribution in [0.1, 0.15) is 37.7 Å². The molecule has 0 spiro atoms. The van der Waals surface area contributed by atoms with Gasteiger partial charge in [-0.3, -0.25) is 10.1 Å². The van der Waals surface area contributed by atoms with E-state index in [1.807, 2.05) is 18.7 Å². The van der Waals surface area contributed by atoms with Crippen molar-refractivity contribution < 1.29 is 4.92 Å². The monoisotopic (exact) mass is 328 g/mol. The van der Waals surface area contributed by atoms with Gasteiger partial charge in [0.2, 0.25) is 0 Å². The highest BCUT2D eigenvalue weighted by atomic mass is 35.5. The molecular weight excluding hydrogens is 308 g/mol. The number of rotatable bonds is 5. The first kappa shape index (κ1) is 16.4. The van der Waals surface area contributed by atoms with E-state index in [0.717, 1.165) is 17.8 Å². The number of halogens is 1. The van der Waals surface area contributed by atoms with Crippen LogP contribution in [0.3, 0.4) is 0 Å². The second kappa shape index (κ2) is 6.88. The fourth-order valence-corrected chi connectivity index (χ4v) is 4.05. The highest BCUT2D eigenvalue weighted by molar-refractivity contribution is 8.00. The molecule has 6 heteroatoms. The highest BCUT2D eigenvalue weighted by Gasteiger charge is 2.31. The number of anilines is 1. The molecular formula is C15H21ClN2O2S. The second-order valence-corrected chi connectivity index (χ2v) is 7.36. The van der Waals surface area contributed by atoms with Gasteiger partial charge in [-0.05, 0) is 37.7 Å². The third kappa shape index (κ3) is 3.83. The number of nitrogens with one attached hydrogen (secondary N) is 1. The molecule has 0 aromatic heterocycles. The van der Waals surface area contributed by atoms with Crippen molar-refractivity contribution in [3.8, 4) is 0 Å². The molecule has 0 bridgehead atoms. The quantitative estimate of drug-likeness (QED) is 0.608. The van der Waals surface area contributed by atoms with Crippen LogP contribution in [0.5, 0.6) is 0 Å². The maximum Gasteiger partial charge on any atom is 0.288 e. The van der Waals surface area contributed by atoms with Gasteiger partial charge in [0, 0.05) is 23.0 Å². The van der Waals surface area contributed by atoms with Crippen LogP contribution in [-0.4, -0.2) is 22.5 Å². The topological polar surface area (TPSA) is 55.2 Å². The van der Waals surface area contributed by atoms with E-state index in [2.05, 4.69) is 11.6 Å². The fraction of sp³-hybridized carbons (Fsp3) is 0.600. The van der Waals surface area contributed by atoms with Crippen molar-refractivity contribution in [2.24, 2.45) is 0 Å². The fourth-order valence-electron chi connectivity index (χ4n) is 2.90. The molecule has 0 atom stereocenters. The van der Waals surface area contributed by atoms with Crippen LogP contribution in [0, 0.1) is 17.0 Å². The average molecular weight is 329 g/mol. The van der Waals surface area contributed by atoms with Crippen LogP contribution in [0.15, 0.2) is 12.1 Å². The Hall–Kier alpha value is -0.940. The number of thioether (sulfide) groups is 1. The van der Waals surface area contributed by atoms with Gasteiger partial charge >= 0.3 is 0 Å². The Bertz CT molecular complexity index is 531. The van der Waals surface area contributed by atoms with Crippen molar-refractivity contribution >= 4 is 34.7 Å². The molecule has 0 amide bonds. The Balaban J connectivity index is 2.12. The molecule has 0 saturated heterocycles. The Morgan fingerprint density at radius 3 is 2.62 bits per heavy atom. The number of hydrogen-bond donors (Lipinski definition) is 1. The molecule has 1 N–H and O–H groups in total. The SMILES string of the molecule is CSC1(CNc2cc(Cl)c([N+](=O)[O-])cc2C)CCCCC1. The van der Waals surface area contributed by atoms with Gasteiger partial charge in [-0.1, -0.05) is 30.9 Å². The first-order valence-electron chi connectivity index (χ1n) is 7.21. The van der Waals surface area contributed by atoms with E-state index in [1.54, 1.807) is 6.07 Å². The molecule has 1 fully saturated rings. The molecule has 0 heterocycles. The van der Waals surface area contributed by atoms with Crippen molar-refractivity contribution in [2.75, 3.05) is 18.1 Å². The molecule has 0 aliphatic heterocycles. The summed E-state index contributed by atoms with van der Waals surface area (Å²) >= 11 is 7.93. The molecule has 116 valence electrons. The minimum Gasteiger partial charge on any atom is -0.383 e. The van der Waals surface area contributed by atoms with Crippen molar-refractivity contribution in [3.63, 3.8) is 0 Å². The zero-order valence-electron chi connectivity index (χ0n) is 12.4.